The number of hydrogen-bond donors (Lipinski definition) is 3. The molecule has 0 radical (unpaired) electrons. The summed E-state index contributed by atoms with van der Waals surface area (Å²) in [6.45, 7) is 4.61. The van der Waals surface area contributed by atoms with Gasteiger partial charge in [-0.05, 0) is 32.9 Å². The Labute approximate surface area is 120 Å². The van der Waals surface area contributed by atoms with Gasteiger partial charge in [-0.1, -0.05) is 5.16 Å². The molecule has 0 unspecified atom stereocenters. The number of ether oxygens (including phenoxy) is 1. The fraction of sp³-hybridized carbons (Fsp3) is 0.385. The lowest BCUT2D eigenvalue weighted by atomic mass is 10.1. The Morgan fingerprint density at radius 3 is 2.33 bits per heavy atom. The lowest BCUT2D eigenvalue weighted by Gasteiger charge is -2.19. The number of carbonyl (C=O) groups is 1. The summed E-state index contributed by atoms with van der Waals surface area (Å²) in [6, 6.07) is 1.81. The maximum atomic E-state index is 13.8. The van der Waals surface area contributed by atoms with Crippen molar-refractivity contribution < 1.29 is 23.5 Å². The molecule has 0 aromatic heterocycles. The summed E-state index contributed by atoms with van der Waals surface area (Å²) >= 11 is 0. The molecular weight excluding hydrogens is 284 g/mol. The van der Waals surface area contributed by atoms with Gasteiger partial charge in [-0.25, -0.2) is 13.6 Å². The van der Waals surface area contributed by atoms with Crippen LogP contribution in [0.3, 0.4) is 0 Å². The van der Waals surface area contributed by atoms with E-state index in [9.17, 15) is 13.6 Å². The lowest BCUT2D eigenvalue weighted by Crippen LogP contribution is -2.32. The number of carbonyl (C=O) groups excluding carboxylic acids is 1. The van der Waals surface area contributed by atoms with E-state index in [0.717, 1.165) is 12.1 Å². The van der Waals surface area contributed by atoms with Crippen LogP contribution in [0.5, 0.6) is 0 Å². The smallest absolute Gasteiger partial charge is 0.407 e. The van der Waals surface area contributed by atoms with Crippen LogP contribution in [0.1, 0.15) is 31.9 Å². The SMILES string of the molecule is CC(C)(C)OC(=O)NCc1c(F)cc(/C(N)=N/O)cc1F. The number of nitrogens with two attached hydrogens (primary N) is 1. The van der Waals surface area contributed by atoms with Crippen LogP contribution in [0, 0.1) is 11.6 Å². The van der Waals surface area contributed by atoms with Crippen LogP contribution in [0.4, 0.5) is 13.6 Å². The van der Waals surface area contributed by atoms with Crippen molar-refractivity contribution in [3.05, 3.63) is 34.9 Å². The third-order valence-electron chi connectivity index (χ3n) is 2.35. The lowest BCUT2D eigenvalue weighted by molar-refractivity contribution is 0.0522. The summed E-state index contributed by atoms with van der Waals surface area (Å²) in [5, 5.41) is 13.4. The van der Waals surface area contributed by atoms with Gasteiger partial charge in [0.25, 0.3) is 0 Å². The first-order valence-electron chi connectivity index (χ1n) is 6.06. The molecular formula is C13H17F2N3O3. The van der Waals surface area contributed by atoms with Crippen LogP contribution >= 0.6 is 0 Å². The zero-order chi connectivity index (χ0) is 16.2. The van der Waals surface area contributed by atoms with Crippen LogP contribution in [0.15, 0.2) is 17.3 Å². The minimum atomic E-state index is -0.923. The Bertz CT molecular complexity index is 545. The second kappa shape index (κ2) is 6.38. The number of benzene rings is 1. The minimum absolute atomic E-state index is 0.103. The van der Waals surface area contributed by atoms with Gasteiger partial charge < -0.3 is 21.0 Å². The van der Waals surface area contributed by atoms with Gasteiger partial charge in [-0.3, -0.25) is 0 Å². The zero-order valence-electron chi connectivity index (χ0n) is 11.9. The molecule has 6 nitrogen and oxygen atoms in total. The predicted octanol–water partition coefficient (Wildman–Crippen LogP) is 2.08. The van der Waals surface area contributed by atoms with Crippen molar-refractivity contribution in [3.8, 4) is 0 Å². The first kappa shape index (κ1) is 16.7. The standard InChI is InChI=1S/C13H17F2N3O3/c1-13(2,3)21-12(19)17-6-8-9(14)4-7(5-10(8)15)11(16)18-20/h4-5,20H,6H2,1-3H3,(H2,16,18)(H,17,19). The number of nitrogens with zero attached hydrogens (tertiary/aromatic N) is 1. The van der Waals surface area contributed by atoms with Crippen LogP contribution in [-0.4, -0.2) is 22.7 Å². The molecule has 116 valence electrons. The normalized spacial score (nSPS) is 12.1. The minimum Gasteiger partial charge on any atom is -0.444 e. The highest BCUT2D eigenvalue weighted by Gasteiger charge is 2.18. The van der Waals surface area contributed by atoms with E-state index >= 15 is 0 Å². The molecule has 0 saturated carbocycles. The highest BCUT2D eigenvalue weighted by atomic mass is 19.1. The summed E-state index contributed by atoms with van der Waals surface area (Å²) in [6.07, 6.45) is -0.790. The van der Waals surface area contributed by atoms with Gasteiger partial charge in [0.05, 0.1) is 6.54 Å². The quantitative estimate of drug-likeness (QED) is 0.344. The van der Waals surface area contributed by atoms with Gasteiger partial charge in [-0.15, -0.1) is 0 Å². The summed E-state index contributed by atoms with van der Waals surface area (Å²) in [4.78, 5) is 11.4. The number of alkyl carbamates (subject to hydrolysis) is 1. The summed E-state index contributed by atoms with van der Waals surface area (Å²) < 4.78 is 32.5. The van der Waals surface area contributed by atoms with Gasteiger partial charge >= 0.3 is 6.09 Å². The fourth-order valence-corrected chi connectivity index (χ4v) is 1.45. The second-order valence-corrected chi connectivity index (χ2v) is 5.26. The largest absolute Gasteiger partial charge is 0.444 e. The second-order valence-electron chi connectivity index (χ2n) is 5.26. The van der Waals surface area contributed by atoms with Crippen LogP contribution in [-0.2, 0) is 11.3 Å². The van der Waals surface area contributed by atoms with Crippen molar-refractivity contribution in [2.75, 3.05) is 0 Å². The highest BCUT2D eigenvalue weighted by Crippen LogP contribution is 2.16. The fourth-order valence-electron chi connectivity index (χ4n) is 1.45. The molecule has 0 heterocycles. The van der Waals surface area contributed by atoms with Crippen LogP contribution in [0.25, 0.3) is 0 Å². The van der Waals surface area contributed by atoms with Gasteiger partial charge in [-0.2, -0.15) is 0 Å². The monoisotopic (exact) mass is 301 g/mol. The zero-order valence-corrected chi connectivity index (χ0v) is 11.9. The number of hydrogen-bond acceptors (Lipinski definition) is 4. The molecule has 1 rings (SSSR count). The van der Waals surface area contributed by atoms with E-state index in [1.165, 1.54) is 0 Å². The summed E-state index contributed by atoms with van der Waals surface area (Å²) in [5.74, 6) is -2.26. The highest BCUT2D eigenvalue weighted by molar-refractivity contribution is 5.97. The molecule has 0 atom stereocenters. The van der Waals surface area contributed by atoms with Gasteiger partial charge in [0.2, 0.25) is 0 Å². The van der Waals surface area contributed by atoms with E-state index in [2.05, 4.69) is 10.5 Å². The number of halogens is 2. The topological polar surface area (TPSA) is 96.9 Å². The van der Waals surface area contributed by atoms with Gasteiger partial charge in [0.1, 0.15) is 17.2 Å². The molecule has 21 heavy (non-hydrogen) atoms. The van der Waals surface area contributed by atoms with Crippen molar-refractivity contribution in [2.45, 2.75) is 32.9 Å². The first-order chi connectivity index (χ1) is 9.64. The number of amides is 1. The molecule has 1 aromatic rings. The van der Waals surface area contributed by atoms with Crippen molar-refractivity contribution >= 4 is 11.9 Å². The van der Waals surface area contributed by atoms with E-state index in [0.29, 0.717) is 0 Å². The number of amidine groups is 1. The van der Waals surface area contributed by atoms with Crippen molar-refractivity contribution in [1.29, 1.82) is 0 Å². The molecule has 0 spiro atoms. The molecule has 1 amide bonds. The van der Waals surface area contributed by atoms with Crippen LogP contribution < -0.4 is 11.1 Å². The maximum Gasteiger partial charge on any atom is 0.407 e. The number of nitrogens with one attached hydrogen (secondary N) is 1. The molecule has 0 saturated heterocycles. The molecule has 0 bridgehead atoms. The Morgan fingerprint density at radius 1 is 1.38 bits per heavy atom. The average molecular weight is 301 g/mol. The van der Waals surface area contributed by atoms with Crippen molar-refractivity contribution in [2.24, 2.45) is 10.9 Å². The summed E-state index contributed by atoms with van der Waals surface area (Å²) in [5.41, 5.74) is 4.08. The Kier molecular flexibility index (Phi) is 5.07. The van der Waals surface area contributed by atoms with E-state index in [1.807, 2.05) is 0 Å². The van der Waals surface area contributed by atoms with Crippen molar-refractivity contribution in [3.63, 3.8) is 0 Å². The van der Waals surface area contributed by atoms with Crippen molar-refractivity contribution in [1.82, 2.24) is 5.32 Å². The Hall–Kier alpha value is -2.38. The van der Waals surface area contributed by atoms with E-state index in [-0.39, 0.29) is 17.7 Å². The maximum absolute atomic E-state index is 13.8. The van der Waals surface area contributed by atoms with Crippen LogP contribution in [0.2, 0.25) is 0 Å². The first-order valence-corrected chi connectivity index (χ1v) is 6.06. The third-order valence-corrected chi connectivity index (χ3v) is 2.35. The van der Waals surface area contributed by atoms with E-state index in [1.54, 1.807) is 20.8 Å². The number of oxime groups is 1. The molecule has 0 fully saturated rings. The Balaban J connectivity index is 2.84. The molecule has 0 aliphatic rings. The predicted molar refractivity (Wildman–Crippen MR) is 71.9 cm³/mol. The number of rotatable bonds is 3. The van der Waals surface area contributed by atoms with E-state index in [4.69, 9.17) is 15.7 Å². The Morgan fingerprint density at radius 2 is 1.90 bits per heavy atom. The average Bonchev–Trinajstić information content (AvgIpc) is 2.34. The van der Waals surface area contributed by atoms with Gasteiger partial charge in [0, 0.05) is 11.1 Å². The molecule has 1 aromatic carbocycles. The third kappa shape index (κ3) is 4.90. The van der Waals surface area contributed by atoms with Gasteiger partial charge in [0.15, 0.2) is 5.84 Å². The molecule has 0 aliphatic heterocycles. The molecule has 4 N–H and O–H groups in total. The molecule has 8 heteroatoms. The summed E-state index contributed by atoms with van der Waals surface area (Å²) in [7, 11) is 0. The van der Waals surface area contributed by atoms with E-state index < -0.39 is 29.2 Å². The molecule has 0 aliphatic carbocycles.